The van der Waals surface area contributed by atoms with Gasteiger partial charge in [0, 0.05) is 0 Å². The molecule has 2 N–H and O–H groups in total. The number of ether oxygens (including phenoxy) is 1. The van der Waals surface area contributed by atoms with Crippen LogP contribution >= 0.6 is 0 Å². The second-order valence-corrected chi connectivity index (χ2v) is 5.96. The first kappa shape index (κ1) is 15.0. The molecule has 0 amide bonds. The quantitative estimate of drug-likeness (QED) is 0.739. The molecule has 0 fully saturated rings. The smallest absolute Gasteiger partial charge is 0.235 e. The van der Waals surface area contributed by atoms with Crippen molar-refractivity contribution >= 4 is 11.0 Å². The third-order valence-electron chi connectivity index (χ3n) is 4.34. The molecule has 4 rings (SSSR count). The van der Waals surface area contributed by atoms with Gasteiger partial charge < -0.3 is 14.9 Å². The standard InChI is InChI=1S/C20H14N2O3/c1-11-6-8-12(9-7-11)16-14(10-21)20(22)25-19-17(23)13-4-2-3-5-15(13)24-18(16)19/h2-9,16H,22H2,1H3. The fraction of sp³-hybridized carbons (Fsp3) is 0.100. The number of hydrogen-bond donors (Lipinski definition) is 1. The largest absolute Gasteiger partial charge is 0.456 e. The number of benzene rings is 2. The van der Waals surface area contributed by atoms with E-state index in [0.29, 0.717) is 16.7 Å². The van der Waals surface area contributed by atoms with Crippen molar-refractivity contribution in [3.63, 3.8) is 0 Å². The lowest BCUT2D eigenvalue weighted by atomic mass is 9.87. The van der Waals surface area contributed by atoms with Crippen molar-refractivity contribution in [1.29, 1.82) is 5.26 Å². The van der Waals surface area contributed by atoms with E-state index >= 15 is 0 Å². The third kappa shape index (κ3) is 2.27. The molecule has 0 aliphatic carbocycles. The van der Waals surface area contributed by atoms with Gasteiger partial charge in [0.05, 0.1) is 11.3 Å². The Morgan fingerprint density at radius 3 is 2.56 bits per heavy atom. The van der Waals surface area contributed by atoms with Crippen LogP contribution in [0.15, 0.2) is 69.2 Å². The van der Waals surface area contributed by atoms with Gasteiger partial charge in [0.15, 0.2) is 5.76 Å². The second kappa shape index (κ2) is 5.53. The molecule has 25 heavy (non-hydrogen) atoms. The van der Waals surface area contributed by atoms with E-state index in [1.165, 1.54) is 0 Å². The SMILES string of the molecule is Cc1ccc(C2C(C#N)=C(N)Oc3c2oc2ccccc2c3=O)cc1. The zero-order chi connectivity index (χ0) is 17.6. The van der Waals surface area contributed by atoms with Gasteiger partial charge in [-0.25, -0.2) is 0 Å². The predicted octanol–water partition coefficient (Wildman–Crippen LogP) is 3.32. The van der Waals surface area contributed by atoms with Crippen LogP contribution in [0.3, 0.4) is 0 Å². The van der Waals surface area contributed by atoms with Crippen molar-refractivity contribution in [2.45, 2.75) is 12.8 Å². The Morgan fingerprint density at radius 2 is 1.84 bits per heavy atom. The first-order valence-corrected chi connectivity index (χ1v) is 7.80. The van der Waals surface area contributed by atoms with E-state index in [9.17, 15) is 10.1 Å². The van der Waals surface area contributed by atoms with Crippen molar-refractivity contribution in [3.8, 4) is 11.8 Å². The van der Waals surface area contributed by atoms with Crippen LogP contribution in [-0.4, -0.2) is 0 Å². The Balaban J connectivity index is 2.05. The van der Waals surface area contributed by atoms with Crippen LogP contribution in [0, 0.1) is 18.3 Å². The van der Waals surface area contributed by atoms with E-state index < -0.39 is 5.92 Å². The van der Waals surface area contributed by atoms with Gasteiger partial charge >= 0.3 is 0 Å². The lowest BCUT2D eigenvalue weighted by molar-refractivity contribution is 0.354. The van der Waals surface area contributed by atoms with Gasteiger partial charge in [-0.2, -0.15) is 5.26 Å². The van der Waals surface area contributed by atoms with E-state index in [1.807, 2.05) is 31.2 Å². The maximum Gasteiger partial charge on any atom is 0.235 e. The minimum Gasteiger partial charge on any atom is -0.456 e. The van der Waals surface area contributed by atoms with Gasteiger partial charge in [0.2, 0.25) is 17.1 Å². The number of fused-ring (bicyclic) bond motifs is 2. The number of nitrogens with zero attached hydrogens (tertiary/aromatic N) is 1. The summed E-state index contributed by atoms with van der Waals surface area (Å²) in [5.41, 5.74) is 8.21. The summed E-state index contributed by atoms with van der Waals surface area (Å²) in [6.45, 7) is 1.98. The molecule has 0 radical (unpaired) electrons. The molecule has 2 heterocycles. The Bertz CT molecular complexity index is 1120. The van der Waals surface area contributed by atoms with Crippen LogP contribution in [0.2, 0.25) is 0 Å². The third-order valence-corrected chi connectivity index (χ3v) is 4.34. The molecule has 122 valence electrons. The highest BCUT2D eigenvalue weighted by Crippen LogP contribution is 2.41. The number of hydrogen-bond acceptors (Lipinski definition) is 5. The normalized spacial score (nSPS) is 16.2. The van der Waals surface area contributed by atoms with Crippen molar-refractivity contribution in [3.05, 3.63) is 87.1 Å². The van der Waals surface area contributed by atoms with Crippen LogP contribution in [0.1, 0.15) is 22.8 Å². The predicted molar refractivity (Wildman–Crippen MR) is 93.0 cm³/mol. The van der Waals surface area contributed by atoms with Crippen LogP contribution < -0.4 is 15.9 Å². The summed E-state index contributed by atoms with van der Waals surface area (Å²) in [6.07, 6.45) is 0. The van der Waals surface area contributed by atoms with Crippen molar-refractivity contribution < 1.29 is 9.15 Å². The molecule has 1 aliphatic rings. The van der Waals surface area contributed by atoms with E-state index in [0.717, 1.165) is 11.1 Å². The van der Waals surface area contributed by atoms with E-state index in [2.05, 4.69) is 6.07 Å². The molecule has 3 aromatic rings. The van der Waals surface area contributed by atoms with Crippen LogP contribution in [0.25, 0.3) is 11.0 Å². The highest BCUT2D eigenvalue weighted by Gasteiger charge is 2.35. The lowest BCUT2D eigenvalue weighted by Crippen LogP contribution is -2.25. The Morgan fingerprint density at radius 1 is 1.12 bits per heavy atom. The minimum absolute atomic E-state index is 0.0424. The van der Waals surface area contributed by atoms with E-state index in [4.69, 9.17) is 14.9 Å². The molecule has 2 aromatic carbocycles. The van der Waals surface area contributed by atoms with Crippen LogP contribution in [0.4, 0.5) is 0 Å². The summed E-state index contributed by atoms with van der Waals surface area (Å²) in [5.74, 6) is -0.297. The molecule has 1 atom stereocenters. The number of aryl methyl sites for hydroxylation is 1. The number of nitriles is 1. The molecular formula is C20H14N2O3. The number of nitrogens with two attached hydrogens (primary N) is 1. The maximum atomic E-state index is 12.8. The highest BCUT2D eigenvalue weighted by atomic mass is 16.5. The van der Waals surface area contributed by atoms with Gasteiger partial charge in [0.25, 0.3) is 0 Å². The first-order chi connectivity index (χ1) is 12.1. The summed E-state index contributed by atoms with van der Waals surface area (Å²) in [6, 6.07) is 16.7. The molecule has 1 unspecified atom stereocenters. The fourth-order valence-electron chi connectivity index (χ4n) is 3.06. The summed E-state index contributed by atoms with van der Waals surface area (Å²) < 4.78 is 11.5. The Labute approximate surface area is 143 Å². The molecular weight excluding hydrogens is 316 g/mol. The zero-order valence-corrected chi connectivity index (χ0v) is 13.4. The summed E-state index contributed by atoms with van der Waals surface area (Å²) in [5, 5.41) is 9.98. The monoisotopic (exact) mass is 330 g/mol. The molecule has 1 aromatic heterocycles. The average molecular weight is 330 g/mol. The second-order valence-electron chi connectivity index (χ2n) is 5.96. The zero-order valence-electron chi connectivity index (χ0n) is 13.4. The van der Waals surface area contributed by atoms with Crippen molar-refractivity contribution in [1.82, 2.24) is 0 Å². The van der Waals surface area contributed by atoms with Gasteiger partial charge in [-0.3, -0.25) is 4.79 Å². The van der Waals surface area contributed by atoms with Crippen molar-refractivity contribution in [2.24, 2.45) is 5.73 Å². The molecule has 0 bridgehead atoms. The molecule has 5 heteroatoms. The molecule has 1 aliphatic heterocycles. The molecule has 0 saturated heterocycles. The van der Waals surface area contributed by atoms with Gasteiger partial charge in [-0.1, -0.05) is 42.0 Å². The minimum atomic E-state index is -0.577. The Kier molecular flexibility index (Phi) is 3.33. The van der Waals surface area contributed by atoms with Gasteiger partial charge in [0.1, 0.15) is 17.2 Å². The maximum absolute atomic E-state index is 12.8. The van der Waals surface area contributed by atoms with E-state index in [1.54, 1.807) is 24.3 Å². The fourth-order valence-corrected chi connectivity index (χ4v) is 3.06. The summed E-state index contributed by atoms with van der Waals surface area (Å²) >= 11 is 0. The van der Waals surface area contributed by atoms with Crippen LogP contribution in [0.5, 0.6) is 5.75 Å². The molecule has 0 saturated carbocycles. The number of para-hydroxylation sites is 1. The van der Waals surface area contributed by atoms with Crippen molar-refractivity contribution in [2.75, 3.05) is 0 Å². The number of rotatable bonds is 1. The molecule has 0 spiro atoms. The highest BCUT2D eigenvalue weighted by molar-refractivity contribution is 5.78. The lowest BCUT2D eigenvalue weighted by Gasteiger charge is -2.24. The van der Waals surface area contributed by atoms with Crippen LogP contribution in [-0.2, 0) is 0 Å². The first-order valence-electron chi connectivity index (χ1n) is 7.80. The summed E-state index contributed by atoms with van der Waals surface area (Å²) in [4.78, 5) is 12.8. The topological polar surface area (TPSA) is 89.2 Å². The summed E-state index contributed by atoms with van der Waals surface area (Å²) in [7, 11) is 0. The Hall–Kier alpha value is -3.52. The van der Waals surface area contributed by atoms with Gasteiger partial charge in [-0.15, -0.1) is 0 Å². The van der Waals surface area contributed by atoms with E-state index in [-0.39, 0.29) is 22.6 Å². The van der Waals surface area contributed by atoms with Gasteiger partial charge in [-0.05, 0) is 24.6 Å². The number of allylic oxidation sites excluding steroid dienone is 1. The average Bonchev–Trinajstić information content (AvgIpc) is 2.63. The molecule has 5 nitrogen and oxygen atoms in total.